The van der Waals surface area contributed by atoms with Gasteiger partial charge < -0.3 is 14.7 Å². The van der Waals surface area contributed by atoms with Gasteiger partial charge in [-0.1, -0.05) is 6.08 Å². The number of ether oxygens (including phenoxy) is 1. The van der Waals surface area contributed by atoms with E-state index in [1.165, 1.54) is 6.92 Å². The van der Waals surface area contributed by atoms with Gasteiger partial charge in [0.25, 0.3) is 0 Å². The highest BCUT2D eigenvalue weighted by molar-refractivity contribution is 5.77. The maximum atomic E-state index is 11.3. The molecule has 1 aliphatic heterocycles. The Morgan fingerprint density at radius 1 is 1.47 bits per heavy atom. The van der Waals surface area contributed by atoms with Crippen molar-refractivity contribution < 1.29 is 19.4 Å². The van der Waals surface area contributed by atoms with Crippen LogP contribution in [-0.2, 0) is 14.3 Å². The molecular formula is C12H19NO4. The third-order valence-corrected chi connectivity index (χ3v) is 3.23. The summed E-state index contributed by atoms with van der Waals surface area (Å²) < 4.78 is 5.28. The number of carboxylic acids is 1. The number of carbonyl (C=O) groups is 2. The van der Waals surface area contributed by atoms with Crippen molar-refractivity contribution in [1.82, 2.24) is 4.90 Å². The summed E-state index contributed by atoms with van der Waals surface area (Å²) in [6, 6.07) is 0. The first-order valence-corrected chi connectivity index (χ1v) is 5.69. The molecule has 0 atom stereocenters. The topological polar surface area (TPSA) is 66.8 Å². The number of hydrogen-bond donors (Lipinski definition) is 1. The largest absolute Gasteiger partial charge is 0.481 e. The number of amides is 1. The van der Waals surface area contributed by atoms with Gasteiger partial charge in [0.05, 0.1) is 18.6 Å². The third kappa shape index (κ3) is 3.30. The molecule has 1 amide bonds. The quantitative estimate of drug-likeness (QED) is 0.573. The standard InChI is InChI=1S/C12H19NO4/c1-3-8-17-9-12(11(15)16)4-6-13(7-5-12)10(2)14/h3H,1,4-9H2,2H3,(H,15,16). The van der Waals surface area contributed by atoms with Crippen LogP contribution in [0, 0.1) is 5.41 Å². The van der Waals surface area contributed by atoms with E-state index >= 15 is 0 Å². The van der Waals surface area contributed by atoms with Crippen LogP contribution in [0.25, 0.3) is 0 Å². The van der Waals surface area contributed by atoms with Crippen LogP contribution in [0.15, 0.2) is 12.7 Å². The average molecular weight is 241 g/mol. The summed E-state index contributed by atoms with van der Waals surface area (Å²) in [6.45, 7) is 6.53. The summed E-state index contributed by atoms with van der Waals surface area (Å²) in [5.41, 5.74) is -0.852. The van der Waals surface area contributed by atoms with Crippen molar-refractivity contribution in [1.29, 1.82) is 0 Å². The molecular weight excluding hydrogens is 222 g/mol. The maximum Gasteiger partial charge on any atom is 0.312 e. The summed E-state index contributed by atoms with van der Waals surface area (Å²) in [5.74, 6) is -0.847. The van der Waals surface area contributed by atoms with E-state index in [2.05, 4.69) is 6.58 Å². The molecule has 0 saturated carbocycles. The molecule has 0 aromatic carbocycles. The number of carbonyl (C=O) groups excluding carboxylic acids is 1. The highest BCUT2D eigenvalue weighted by atomic mass is 16.5. The van der Waals surface area contributed by atoms with Gasteiger partial charge in [-0.15, -0.1) is 6.58 Å². The predicted molar refractivity (Wildman–Crippen MR) is 62.6 cm³/mol. The first-order chi connectivity index (χ1) is 8.02. The predicted octanol–water partition coefficient (Wildman–Crippen LogP) is 0.902. The smallest absolute Gasteiger partial charge is 0.312 e. The van der Waals surface area contributed by atoms with E-state index < -0.39 is 11.4 Å². The van der Waals surface area contributed by atoms with Crippen LogP contribution in [0.1, 0.15) is 19.8 Å². The number of carboxylic acid groups (broad SMARTS) is 1. The molecule has 1 N–H and O–H groups in total. The molecule has 0 spiro atoms. The minimum absolute atomic E-state index is 0.00370. The lowest BCUT2D eigenvalue weighted by Gasteiger charge is -2.38. The molecule has 0 aromatic rings. The fourth-order valence-corrected chi connectivity index (χ4v) is 2.01. The van der Waals surface area contributed by atoms with Gasteiger partial charge in [-0.05, 0) is 12.8 Å². The van der Waals surface area contributed by atoms with Gasteiger partial charge in [-0.25, -0.2) is 0 Å². The van der Waals surface area contributed by atoms with Crippen LogP contribution in [-0.4, -0.2) is 48.2 Å². The summed E-state index contributed by atoms with van der Waals surface area (Å²) in [4.78, 5) is 24.2. The first kappa shape index (κ1) is 13.7. The lowest BCUT2D eigenvalue weighted by atomic mass is 9.79. The van der Waals surface area contributed by atoms with Gasteiger partial charge in [0.1, 0.15) is 0 Å². The number of likely N-dealkylation sites (tertiary alicyclic amines) is 1. The molecule has 5 heteroatoms. The minimum Gasteiger partial charge on any atom is -0.481 e. The Balaban J connectivity index is 2.60. The normalized spacial score (nSPS) is 18.8. The monoisotopic (exact) mass is 241 g/mol. The van der Waals surface area contributed by atoms with Gasteiger partial charge in [0, 0.05) is 20.0 Å². The Labute approximate surface area is 101 Å². The molecule has 1 saturated heterocycles. The molecule has 96 valence electrons. The van der Waals surface area contributed by atoms with Gasteiger partial charge >= 0.3 is 5.97 Å². The average Bonchev–Trinajstić information content (AvgIpc) is 2.29. The fraction of sp³-hybridized carbons (Fsp3) is 0.667. The van der Waals surface area contributed by atoms with Crippen LogP contribution >= 0.6 is 0 Å². The Bertz CT molecular complexity index is 306. The second-order valence-electron chi connectivity index (χ2n) is 4.40. The van der Waals surface area contributed by atoms with Crippen molar-refractivity contribution in [2.24, 2.45) is 5.41 Å². The van der Waals surface area contributed by atoms with Crippen molar-refractivity contribution in [3.63, 3.8) is 0 Å². The molecule has 0 radical (unpaired) electrons. The van der Waals surface area contributed by atoms with Gasteiger partial charge in [-0.2, -0.15) is 0 Å². The fourth-order valence-electron chi connectivity index (χ4n) is 2.01. The van der Waals surface area contributed by atoms with Crippen LogP contribution < -0.4 is 0 Å². The van der Waals surface area contributed by atoms with Crippen molar-refractivity contribution >= 4 is 11.9 Å². The lowest BCUT2D eigenvalue weighted by Crippen LogP contribution is -2.48. The first-order valence-electron chi connectivity index (χ1n) is 5.69. The Morgan fingerprint density at radius 3 is 2.47 bits per heavy atom. The second-order valence-corrected chi connectivity index (χ2v) is 4.40. The number of piperidine rings is 1. The Morgan fingerprint density at radius 2 is 2.06 bits per heavy atom. The van der Waals surface area contributed by atoms with Crippen LogP contribution in [0.5, 0.6) is 0 Å². The SMILES string of the molecule is C=CCOCC1(C(=O)O)CCN(C(C)=O)CC1. The molecule has 17 heavy (non-hydrogen) atoms. The molecule has 5 nitrogen and oxygen atoms in total. The van der Waals surface area contributed by atoms with Gasteiger partial charge in [0.15, 0.2) is 0 Å². The zero-order valence-corrected chi connectivity index (χ0v) is 10.1. The summed E-state index contributed by atoms with van der Waals surface area (Å²) in [7, 11) is 0. The second kappa shape index (κ2) is 5.82. The number of nitrogens with zero attached hydrogens (tertiary/aromatic N) is 1. The molecule has 0 unspecified atom stereocenters. The molecule has 0 aliphatic carbocycles. The third-order valence-electron chi connectivity index (χ3n) is 3.23. The van der Waals surface area contributed by atoms with Crippen molar-refractivity contribution in [2.45, 2.75) is 19.8 Å². The van der Waals surface area contributed by atoms with Gasteiger partial charge in [-0.3, -0.25) is 9.59 Å². The number of rotatable bonds is 5. The number of aliphatic carboxylic acids is 1. The molecule has 0 bridgehead atoms. The van der Waals surface area contributed by atoms with E-state index in [4.69, 9.17) is 4.74 Å². The van der Waals surface area contributed by atoms with E-state index in [0.29, 0.717) is 32.5 Å². The molecule has 1 rings (SSSR count). The van der Waals surface area contributed by atoms with E-state index in [0.717, 1.165) is 0 Å². The maximum absolute atomic E-state index is 11.3. The Hall–Kier alpha value is -1.36. The van der Waals surface area contributed by atoms with Crippen LogP contribution in [0.4, 0.5) is 0 Å². The molecule has 0 aromatic heterocycles. The van der Waals surface area contributed by atoms with Crippen molar-refractivity contribution in [3.05, 3.63) is 12.7 Å². The minimum atomic E-state index is -0.852. The van der Waals surface area contributed by atoms with Crippen LogP contribution in [0.2, 0.25) is 0 Å². The van der Waals surface area contributed by atoms with Gasteiger partial charge in [0.2, 0.25) is 5.91 Å². The molecule has 1 fully saturated rings. The molecule has 1 heterocycles. The summed E-state index contributed by atoms with van der Waals surface area (Å²) >= 11 is 0. The van der Waals surface area contributed by atoms with E-state index in [1.54, 1.807) is 11.0 Å². The summed E-state index contributed by atoms with van der Waals surface area (Å²) in [5, 5.41) is 9.30. The zero-order valence-electron chi connectivity index (χ0n) is 10.1. The van der Waals surface area contributed by atoms with E-state index in [9.17, 15) is 14.7 Å². The highest BCUT2D eigenvalue weighted by Gasteiger charge is 2.42. The van der Waals surface area contributed by atoms with E-state index in [-0.39, 0.29) is 12.5 Å². The number of hydrogen-bond acceptors (Lipinski definition) is 3. The lowest BCUT2D eigenvalue weighted by molar-refractivity contribution is -0.158. The van der Waals surface area contributed by atoms with Crippen molar-refractivity contribution in [2.75, 3.05) is 26.3 Å². The van der Waals surface area contributed by atoms with E-state index in [1.807, 2.05) is 0 Å². The highest BCUT2D eigenvalue weighted by Crippen LogP contribution is 2.32. The zero-order chi connectivity index (χ0) is 12.9. The Kier molecular flexibility index (Phi) is 4.69. The van der Waals surface area contributed by atoms with Crippen LogP contribution in [0.3, 0.4) is 0 Å². The summed E-state index contributed by atoms with van der Waals surface area (Å²) in [6.07, 6.45) is 2.48. The molecule has 1 aliphatic rings. The van der Waals surface area contributed by atoms with Crippen molar-refractivity contribution in [3.8, 4) is 0 Å².